The summed E-state index contributed by atoms with van der Waals surface area (Å²) in [5.74, 6) is 0.887. The second-order valence-corrected chi connectivity index (χ2v) is 6.10. The summed E-state index contributed by atoms with van der Waals surface area (Å²) >= 11 is 0. The highest BCUT2D eigenvalue weighted by atomic mass is 16.7. The van der Waals surface area contributed by atoms with Crippen LogP contribution in [0.25, 0.3) is 11.3 Å². The Kier molecular flexibility index (Phi) is 8.03. The van der Waals surface area contributed by atoms with Crippen molar-refractivity contribution in [1.29, 1.82) is 0 Å². The minimum atomic E-state index is -1.01. The number of furan rings is 1. The van der Waals surface area contributed by atoms with E-state index in [1.54, 1.807) is 24.3 Å². The molecule has 1 N–H and O–H groups in total. The molecular formula is C20H24O8. The second-order valence-electron chi connectivity index (χ2n) is 6.10. The van der Waals surface area contributed by atoms with Gasteiger partial charge in [-0.1, -0.05) is 0 Å². The average Bonchev–Trinajstić information content (AvgIpc) is 3.10. The molecule has 8 heteroatoms. The number of hydrogen-bond donors (Lipinski definition) is 1. The maximum atomic E-state index is 11.4. The number of aryl methyl sites for hydroxylation is 1. The van der Waals surface area contributed by atoms with Crippen molar-refractivity contribution in [2.24, 2.45) is 0 Å². The van der Waals surface area contributed by atoms with Crippen molar-refractivity contribution in [2.75, 3.05) is 27.8 Å². The number of ketones is 1. The quantitative estimate of drug-likeness (QED) is 0.550. The summed E-state index contributed by atoms with van der Waals surface area (Å²) in [5.41, 5.74) is 0.956. The molecule has 2 rings (SSSR count). The van der Waals surface area contributed by atoms with Gasteiger partial charge in [0.15, 0.2) is 13.6 Å². The van der Waals surface area contributed by atoms with E-state index in [0.717, 1.165) is 0 Å². The molecule has 1 heterocycles. The molecule has 2 aromatic rings. The van der Waals surface area contributed by atoms with Crippen LogP contribution in [0.3, 0.4) is 0 Å². The number of ether oxygens (including phenoxy) is 4. The number of hydrogen-bond acceptors (Lipinski definition) is 7. The van der Waals surface area contributed by atoms with Gasteiger partial charge in [0.1, 0.15) is 28.8 Å². The lowest BCUT2D eigenvalue weighted by atomic mass is 10.0. The molecule has 0 amide bonds. The predicted molar refractivity (Wildman–Crippen MR) is 99.5 cm³/mol. The zero-order valence-electron chi connectivity index (χ0n) is 16.1. The monoisotopic (exact) mass is 392 g/mol. The number of carbonyl (C=O) groups is 2. The van der Waals surface area contributed by atoms with Gasteiger partial charge in [-0.15, -0.1) is 0 Å². The van der Waals surface area contributed by atoms with Gasteiger partial charge in [0, 0.05) is 33.1 Å². The van der Waals surface area contributed by atoms with E-state index in [2.05, 4.69) is 0 Å². The highest BCUT2D eigenvalue weighted by Crippen LogP contribution is 2.39. The molecule has 0 aliphatic carbocycles. The zero-order valence-corrected chi connectivity index (χ0v) is 16.1. The first kappa shape index (κ1) is 21.5. The lowest BCUT2D eigenvalue weighted by molar-refractivity contribution is -0.136. The Balaban J connectivity index is 2.48. The Bertz CT molecular complexity index is 809. The molecule has 0 bridgehead atoms. The van der Waals surface area contributed by atoms with Crippen LogP contribution in [0.4, 0.5) is 0 Å². The average molecular weight is 392 g/mol. The van der Waals surface area contributed by atoms with Crippen LogP contribution >= 0.6 is 0 Å². The molecular weight excluding hydrogens is 368 g/mol. The minimum Gasteiger partial charge on any atom is -0.481 e. The third kappa shape index (κ3) is 6.11. The summed E-state index contributed by atoms with van der Waals surface area (Å²) in [5, 5.41) is 9.32. The van der Waals surface area contributed by atoms with Crippen molar-refractivity contribution in [3.63, 3.8) is 0 Å². The van der Waals surface area contributed by atoms with Crippen LogP contribution < -0.4 is 9.47 Å². The van der Waals surface area contributed by atoms with Gasteiger partial charge in [0.05, 0.1) is 12.0 Å². The number of methoxy groups -OCH3 is 2. The van der Waals surface area contributed by atoms with Gasteiger partial charge in [0.2, 0.25) is 0 Å². The summed E-state index contributed by atoms with van der Waals surface area (Å²) in [4.78, 5) is 22.6. The van der Waals surface area contributed by atoms with Crippen molar-refractivity contribution in [3.8, 4) is 22.8 Å². The van der Waals surface area contributed by atoms with Crippen LogP contribution in [-0.2, 0) is 31.9 Å². The van der Waals surface area contributed by atoms with Crippen molar-refractivity contribution >= 4 is 11.8 Å². The molecule has 0 saturated carbocycles. The fourth-order valence-corrected chi connectivity index (χ4v) is 2.62. The summed E-state index contributed by atoms with van der Waals surface area (Å²) in [6.45, 7) is 1.49. The van der Waals surface area contributed by atoms with Crippen LogP contribution in [0, 0.1) is 0 Å². The lowest BCUT2D eigenvalue weighted by Gasteiger charge is -2.16. The standard InChI is InChI=1S/C20H24O8/c1-13(21)4-5-15-6-7-17(28-15)20-14(9-19(22)23)8-16(26-11-24-2)10-18(20)27-12-25-3/h6-8,10H,4-5,9,11-12H2,1-3H3,(H,22,23). The van der Waals surface area contributed by atoms with Crippen LogP contribution in [0.15, 0.2) is 28.7 Å². The topological polar surface area (TPSA) is 104 Å². The Morgan fingerprint density at radius 1 is 1.07 bits per heavy atom. The number of aliphatic carboxylic acids is 1. The third-order valence-electron chi connectivity index (χ3n) is 3.81. The first-order valence-corrected chi connectivity index (χ1v) is 8.65. The van der Waals surface area contributed by atoms with E-state index in [0.29, 0.717) is 47.0 Å². The first-order valence-electron chi connectivity index (χ1n) is 8.65. The summed E-state index contributed by atoms with van der Waals surface area (Å²) in [6, 6.07) is 6.72. The van der Waals surface area contributed by atoms with Gasteiger partial charge in [-0.25, -0.2) is 0 Å². The van der Waals surface area contributed by atoms with E-state index in [9.17, 15) is 14.7 Å². The largest absolute Gasteiger partial charge is 0.481 e. The molecule has 0 spiro atoms. The molecule has 0 aliphatic rings. The maximum absolute atomic E-state index is 11.4. The molecule has 1 aromatic heterocycles. The van der Waals surface area contributed by atoms with Gasteiger partial charge in [0.25, 0.3) is 0 Å². The minimum absolute atomic E-state index is 0.00548. The number of rotatable bonds is 12. The number of carboxylic acids is 1. The van der Waals surface area contributed by atoms with E-state index in [4.69, 9.17) is 23.4 Å². The predicted octanol–water partition coefficient (Wildman–Crippen LogP) is 3.06. The van der Waals surface area contributed by atoms with E-state index < -0.39 is 5.97 Å². The highest BCUT2D eigenvalue weighted by molar-refractivity contribution is 5.79. The SMILES string of the molecule is COCOc1cc(CC(=O)O)c(-c2ccc(CCC(C)=O)o2)c(OCOC)c1. The van der Waals surface area contributed by atoms with Gasteiger partial charge < -0.3 is 33.3 Å². The van der Waals surface area contributed by atoms with Gasteiger partial charge in [-0.05, 0) is 30.7 Å². The van der Waals surface area contributed by atoms with Crippen LogP contribution in [0.2, 0.25) is 0 Å². The maximum Gasteiger partial charge on any atom is 0.307 e. The second kappa shape index (κ2) is 10.5. The van der Waals surface area contributed by atoms with E-state index >= 15 is 0 Å². The molecule has 0 unspecified atom stereocenters. The third-order valence-corrected chi connectivity index (χ3v) is 3.81. The molecule has 0 saturated heterocycles. The fraction of sp³-hybridized carbons (Fsp3) is 0.400. The van der Waals surface area contributed by atoms with Crippen LogP contribution in [0.1, 0.15) is 24.7 Å². The molecule has 1 aromatic carbocycles. The molecule has 0 atom stereocenters. The van der Waals surface area contributed by atoms with Crippen LogP contribution in [-0.4, -0.2) is 44.7 Å². The summed E-state index contributed by atoms with van der Waals surface area (Å²) < 4.78 is 26.8. The normalized spacial score (nSPS) is 10.7. The number of carbonyl (C=O) groups excluding carboxylic acids is 1. The van der Waals surface area contributed by atoms with E-state index in [1.807, 2.05) is 0 Å². The number of Topliss-reactive ketones (excluding diaryl/α,β-unsaturated/α-hetero) is 1. The van der Waals surface area contributed by atoms with Gasteiger partial charge in [-0.2, -0.15) is 0 Å². The summed E-state index contributed by atoms with van der Waals surface area (Å²) in [6.07, 6.45) is 0.574. The molecule has 0 aliphatic heterocycles. The molecule has 0 radical (unpaired) electrons. The van der Waals surface area contributed by atoms with Crippen molar-refractivity contribution < 1.29 is 38.1 Å². The zero-order chi connectivity index (χ0) is 20.5. The number of benzene rings is 1. The van der Waals surface area contributed by atoms with Gasteiger partial charge >= 0.3 is 5.97 Å². The Labute approximate surface area is 163 Å². The Morgan fingerprint density at radius 3 is 2.43 bits per heavy atom. The molecule has 152 valence electrons. The van der Waals surface area contributed by atoms with Gasteiger partial charge in [-0.3, -0.25) is 4.79 Å². The molecule has 0 fully saturated rings. The van der Waals surface area contributed by atoms with Crippen molar-refractivity contribution in [3.05, 3.63) is 35.6 Å². The molecule has 8 nitrogen and oxygen atoms in total. The Morgan fingerprint density at radius 2 is 1.79 bits per heavy atom. The number of carboxylic acid groups (broad SMARTS) is 1. The van der Waals surface area contributed by atoms with Crippen molar-refractivity contribution in [2.45, 2.75) is 26.2 Å². The van der Waals surface area contributed by atoms with Crippen LogP contribution in [0.5, 0.6) is 11.5 Å². The van der Waals surface area contributed by atoms with Crippen molar-refractivity contribution in [1.82, 2.24) is 0 Å². The smallest absolute Gasteiger partial charge is 0.307 e. The summed E-state index contributed by atoms with van der Waals surface area (Å²) in [7, 11) is 2.97. The molecule has 28 heavy (non-hydrogen) atoms. The fourth-order valence-electron chi connectivity index (χ4n) is 2.62. The highest BCUT2D eigenvalue weighted by Gasteiger charge is 2.20. The Hall–Kier alpha value is -2.84. The van der Waals surface area contributed by atoms with E-state index in [1.165, 1.54) is 21.1 Å². The lowest BCUT2D eigenvalue weighted by Crippen LogP contribution is -2.07. The van der Waals surface area contributed by atoms with E-state index in [-0.39, 0.29) is 25.8 Å². The first-order chi connectivity index (χ1) is 13.4.